The van der Waals surface area contributed by atoms with Crippen molar-refractivity contribution in [3.63, 3.8) is 0 Å². The van der Waals surface area contributed by atoms with E-state index in [2.05, 4.69) is 5.43 Å². The Morgan fingerprint density at radius 2 is 2.00 bits per heavy atom. The molecule has 1 amide bonds. The highest BCUT2D eigenvalue weighted by molar-refractivity contribution is 7.90. The van der Waals surface area contributed by atoms with Crippen LogP contribution >= 0.6 is 0 Å². The summed E-state index contributed by atoms with van der Waals surface area (Å²) in [5.41, 5.74) is 2.00. The van der Waals surface area contributed by atoms with E-state index >= 15 is 0 Å². The molecule has 0 aliphatic heterocycles. The Bertz CT molecular complexity index is 555. The Hall–Kier alpha value is -1.78. The van der Waals surface area contributed by atoms with Crippen molar-refractivity contribution >= 4 is 16.4 Å². The summed E-state index contributed by atoms with van der Waals surface area (Å²) >= 11 is 0. The van der Waals surface area contributed by atoms with Crippen LogP contribution in [-0.4, -0.2) is 48.1 Å². The van der Waals surface area contributed by atoms with E-state index in [1.807, 2.05) is 5.43 Å². The van der Waals surface area contributed by atoms with Gasteiger partial charge in [-0.15, -0.1) is 0 Å². The fourth-order valence-corrected chi connectivity index (χ4v) is 4.16. The van der Waals surface area contributed by atoms with Gasteiger partial charge in [0.15, 0.2) is 5.25 Å². The Morgan fingerprint density at radius 3 is 2.48 bits per heavy atom. The molecule has 0 bridgehead atoms. The molecule has 1 aliphatic carbocycles. The standard InChI is InChI=1S/C11H18N4O5S/c1-3-14(4-2)21(19,20)10-7-5-6-8-11(10,15(17)18)13-12-9-16/h5-10,13H,3-4H2,1-2H3,(H,12,16). The smallest absolute Gasteiger partial charge is 0.288 e. The first-order valence-electron chi connectivity index (χ1n) is 6.32. The van der Waals surface area contributed by atoms with Crippen LogP contribution in [0.25, 0.3) is 0 Å². The van der Waals surface area contributed by atoms with E-state index in [1.54, 1.807) is 13.8 Å². The van der Waals surface area contributed by atoms with Crippen molar-refractivity contribution in [2.24, 2.45) is 0 Å². The van der Waals surface area contributed by atoms with Crippen LogP contribution in [0.15, 0.2) is 24.3 Å². The van der Waals surface area contributed by atoms with Crippen molar-refractivity contribution in [2.45, 2.75) is 24.8 Å². The van der Waals surface area contributed by atoms with Gasteiger partial charge in [0.1, 0.15) is 0 Å². The van der Waals surface area contributed by atoms with Gasteiger partial charge in [0.05, 0.1) is 4.92 Å². The molecule has 1 aliphatic rings. The van der Waals surface area contributed by atoms with Gasteiger partial charge in [0.2, 0.25) is 16.4 Å². The second-order valence-electron chi connectivity index (χ2n) is 4.26. The van der Waals surface area contributed by atoms with Crippen LogP contribution in [-0.2, 0) is 14.8 Å². The SMILES string of the molecule is CCN(CC)S(=O)(=O)C1C=CC=CC1(NNC=O)[N+](=O)[O-]. The first kappa shape index (κ1) is 17.3. The lowest BCUT2D eigenvalue weighted by Crippen LogP contribution is -2.66. The van der Waals surface area contributed by atoms with Gasteiger partial charge >= 0.3 is 5.66 Å². The number of nitro groups is 1. The Kier molecular flexibility index (Phi) is 5.58. The zero-order valence-electron chi connectivity index (χ0n) is 11.7. The first-order valence-corrected chi connectivity index (χ1v) is 7.83. The van der Waals surface area contributed by atoms with Crippen LogP contribution in [0, 0.1) is 10.1 Å². The van der Waals surface area contributed by atoms with Gasteiger partial charge in [0.25, 0.3) is 0 Å². The minimum atomic E-state index is -3.97. The maximum atomic E-state index is 12.6. The number of hydrogen-bond donors (Lipinski definition) is 2. The van der Waals surface area contributed by atoms with Crippen LogP contribution in [0.5, 0.6) is 0 Å². The van der Waals surface area contributed by atoms with Crippen molar-refractivity contribution in [2.75, 3.05) is 13.1 Å². The zero-order chi connectivity index (χ0) is 16.1. The van der Waals surface area contributed by atoms with Gasteiger partial charge in [-0.1, -0.05) is 32.1 Å². The average molecular weight is 318 g/mol. The first-order chi connectivity index (χ1) is 9.86. The molecule has 10 heteroatoms. The van der Waals surface area contributed by atoms with Crippen LogP contribution < -0.4 is 10.9 Å². The number of carbonyl (C=O) groups is 1. The predicted molar refractivity (Wildman–Crippen MR) is 76.0 cm³/mol. The number of hydrazine groups is 1. The van der Waals surface area contributed by atoms with E-state index in [0.717, 1.165) is 10.4 Å². The number of allylic oxidation sites excluding steroid dienone is 2. The molecule has 0 heterocycles. The molecule has 0 saturated carbocycles. The molecule has 1 rings (SSSR count). The van der Waals surface area contributed by atoms with Crippen LogP contribution in [0.3, 0.4) is 0 Å². The van der Waals surface area contributed by atoms with Crippen LogP contribution in [0.4, 0.5) is 0 Å². The van der Waals surface area contributed by atoms with Crippen molar-refractivity contribution in [3.8, 4) is 0 Å². The van der Waals surface area contributed by atoms with E-state index in [4.69, 9.17) is 0 Å². The van der Waals surface area contributed by atoms with Crippen molar-refractivity contribution in [1.82, 2.24) is 15.2 Å². The predicted octanol–water partition coefficient (Wildman–Crippen LogP) is -0.624. The molecular formula is C11H18N4O5S. The largest absolute Gasteiger partial charge is 0.331 e. The number of sulfonamides is 1. The van der Waals surface area contributed by atoms with Gasteiger partial charge in [-0.05, 0) is 0 Å². The van der Waals surface area contributed by atoms with E-state index in [1.165, 1.54) is 18.2 Å². The lowest BCUT2D eigenvalue weighted by molar-refractivity contribution is -0.562. The monoisotopic (exact) mass is 318 g/mol. The summed E-state index contributed by atoms with van der Waals surface area (Å²) in [6.07, 6.45) is 5.33. The molecule has 0 aromatic carbocycles. The molecule has 21 heavy (non-hydrogen) atoms. The summed E-state index contributed by atoms with van der Waals surface area (Å²) in [7, 11) is -3.97. The third kappa shape index (κ3) is 3.12. The van der Waals surface area contributed by atoms with Crippen molar-refractivity contribution in [1.29, 1.82) is 0 Å². The molecule has 0 aromatic rings. The fraction of sp³-hybridized carbons (Fsp3) is 0.545. The zero-order valence-corrected chi connectivity index (χ0v) is 12.5. The normalized spacial score (nSPS) is 25.0. The quantitative estimate of drug-likeness (QED) is 0.266. The van der Waals surface area contributed by atoms with Gasteiger partial charge in [-0.2, -0.15) is 5.43 Å². The molecule has 2 N–H and O–H groups in total. The summed E-state index contributed by atoms with van der Waals surface area (Å²) in [4.78, 5) is 21.1. The number of hydrogen-bond acceptors (Lipinski definition) is 6. The van der Waals surface area contributed by atoms with Gasteiger partial charge in [-0.3, -0.25) is 20.3 Å². The van der Waals surface area contributed by atoms with E-state index in [9.17, 15) is 23.3 Å². The summed E-state index contributed by atoms with van der Waals surface area (Å²) in [6, 6.07) is 0. The topological polar surface area (TPSA) is 122 Å². The summed E-state index contributed by atoms with van der Waals surface area (Å²) in [5, 5.41) is 9.98. The number of amides is 1. The maximum absolute atomic E-state index is 12.6. The molecule has 0 fully saturated rings. The molecule has 118 valence electrons. The molecule has 0 saturated heterocycles. The van der Waals surface area contributed by atoms with E-state index < -0.39 is 25.9 Å². The number of rotatable bonds is 8. The highest BCUT2D eigenvalue weighted by Gasteiger charge is 2.56. The summed E-state index contributed by atoms with van der Waals surface area (Å²) in [5.74, 6) is 0. The Balaban J connectivity index is 3.35. The molecule has 9 nitrogen and oxygen atoms in total. The van der Waals surface area contributed by atoms with Crippen LogP contribution in [0.1, 0.15) is 13.8 Å². The third-order valence-electron chi connectivity index (χ3n) is 3.20. The van der Waals surface area contributed by atoms with Gasteiger partial charge in [-0.25, -0.2) is 12.7 Å². The highest BCUT2D eigenvalue weighted by atomic mass is 32.2. The summed E-state index contributed by atoms with van der Waals surface area (Å²) in [6.45, 7) is 3.69. The highest BCUT2D eigenvalue weighted by Crippen LogP contribution is 2.27. The molecule has 2 unspecified atom stereocenters. The molecule has 0 radical (unpaired) electrons. The third-order valence-corrected chi connectivity index (χ3v) is 5.60. The molecular weight excluding hydrogens is 300 g/mol. The molecule has 0 spiro atoms. The lowest BCUT2D eigenvalue weighted by Gasteiger charge is -2.33. The second-order valence-corrected chi connectivity index (χ2v) is 6.32. The van der Waals surface area contributed by atoms with Crippen molar-refractivity contribution in [3.05, 3.63) is 34.4 Å². The second kappa shape index (κ2) is 6.78. The number of nitrogens with zero attached hydrogens (tertiary/aromatic N) is 2. The molecule has 2 atom stereocenters. The minimum Gasteiger partial charge on any atom is -0.288 e. The number of nitrogens with one attached hydrogen (secondary N) is 2. The van der Waals surface area contributed by atoms with E-state index in [-0.39, 0.29) is 19.5 Å². The minimum absolute atomic E-state index is 0.196. The summed E-state index contributed by atoms with van der Waals surface area (Å²) < 4.78 is 26.4. The van der Waals surface area contributed by atoms with Crippen LogP contribution in [0.2, 0.25) is 0 Å². The van der Waals surface area contributed by atoms with Gasteiger partial charge in [0, 0.05) is 19.2 Å². The molecule has 0 aromatic heterocycles. The van der Waals surface area contributed by atoms with Crippen molar-refractivity contribution < 1.29 is 18.1 Å². The van der Waals surface area contributed by atoms with E-state index in [0.29, 0.717) is 0 Å². The Morgan fingerprint density at radius 1 is 1.38 bits per heavy atom. The number of carbonyl (C=O) groups excluding carboxylic acids is 1. The lowest BCUT2D eigenvalue weighted by atomic mass is 10.0. The Labute approximate surface area is 122 Å². The van der Waals surface area contributed by atoms with Gasteiger partial charge < -0.3 is 0 Å². The maximum Gasteiger partial charge on any atom is 0.331 e. The fourth-order valence-electron chi connectivity index (χ4n) is 2.15. The average Bonchev–Trinajstić information content (AvgIpc) is 2.46.